The molecule has 1 aromatic rings. The Morgan fingerprint density at radius 1 is 1.19 bits per heavy atom. The number of piperidine rings is 1. The third-order valence-electron chi connectivity index (χ3n) is 5.43. The fourth-order valence-corrected chi connectivity index (χ4v) is 3.96. The first-order valence-corrected chi connectivity index (χ1v) is 9.09. The van der Waals surface area contributed by atoms with Crippen LogP contribution in [0.15, 0.2) is 23.2 Å². The van der Waals surface area contributed by atoms with Crippen LogP contribution >= 0.6 is 0 Å². The molecule has 0 bridgehead atoms. The number of benzene rings is 1. The number of hydrazine groups is 1. The van der Waals surface area contributed by atoms with Gasteiger partial charge in [0.2, 0.25) is 11.7 Å². The first-order valence-electron chi connectivity index (χ1n) is 9.09. The van der Waals surface area contributed by atoms with Gasteiger partial charge in [0.1, 0.15) is 5.82 Å². The number of hydrogen-bond acceptors (Lipinski definition) is 8. The Morgan fingerprint density at radius 3 is 2.54 bits per heavy atom. The van der Waals surface area contributed by atoms with Gasteiger partial charge >= 0.3 is 0 Å². The van der Waals surface area contributed by atoms with Gasteiger partial charge in [0.15, 0.2) is 0 Å². The Labute approximate surface area is 152 Å². The highest BCUT2D eigenvalue weighted by molar-refractivity contribution is 5.79. The highest BCUT2D eigenvalue weighted by atomic mass is 19.1. The molecule has 3 aliphatic rings. The highest BCUT2D eigenvalue weighted by Crippen LogP contribution is 2.29. The Bertz CT molecular complexity index is 686. The van der Waals surface area contributed by atoms with Crippen molar-refractivity contribution in [1.29, 1.82) is 0 Å². The summed E-state index contributed by atoms with van der Waals surface area (Å²) in [5, 5.41) is 0. The minimum Gasteiger partial charge on any atom is -0.379 e. The number of guanidine groups is 1. The summed E-state index contributed by atoms with van der Waals surface area (Å²) in [7, 11) is 0. The Hall–Kier alpha value is -1.94. The van der Waals surface area contributed by atoms with Gasteiger partial charge in [-0.05, 0) is 25.0 Å². The first kappa shape index (κ1) is 17.5. The minimum atomic E-state index is -1.24. The van der Waals surface area contributed by atoms with Crippen molar-refractivity contribution in [2.24, 2.45) is 16.5 Å². The number of anilines is 1. The summed E-state index contributed by atoms with van der Waals surface area (Å²) in [6.45, 7) is 5.31. The molecule has 0 spiro atoms. The molecule has 9 heteroatoms. The zero-order valence-electron chi connectivity index (χ0n) is 14.7. The Morgan fingerprint density at radius 2 is 1.92 bits per heavy atom. The second-order valence-corrected chi connectivity index (χ2v) is 7.05. The van der Waals surface area contributed by atoms with Crippen LogP contribution < -0.4 is 27.2 Å². The van der Waals surface area contributed by atoms with Crippen LogP contribution in [0.5, 0.6) is 0 Å². The van der Waals surface area contributed by atoms with Crippen molar-refractivity contribution in [3.63, 3.8) is 0 Å². The molecule has 142 valence electrons. The minimum absolute atomic E-state index is 0.183. The van der Waals surface area contributed by atoms with Gasteiger partial charge in [-0.25, -0.2) is 9.38 Å². The summed E-state index contributed by atoms with van der Waals surface area (Å²) in [6, 6.07) is 5.57. The van der Waals surface area contributed by atoms with Crippen molar-refractivity contribution < 1.29 is 9.13 Å². The van der Waals surface area contributed by atoms with Crippen molar-refractivity contribution in [1.82, 2.24) is 15.8 Å². The zero-order chi connectivity index (χ0) is 18.1. The summed E-state index contributed by atoms with van der Waals surface area (Å²) in [4.78, 5) is 8.70. The zero-order valence-corrected chi connectivity index (χ0v) is 14.7. The SMILES string of the molecule is NC1=NC(N)(c2ccc(N3CCC(N4CCOCC4)CC3)c(F)c2)NN1. The van der Waals surface area contributed by atoms with Crippen molar-refractivity contribution in [2.75, 3.05) is 44.3 Å². The summed E-state index contributed by atoms with van der Waals surface area (Å²) < 4.78 is 20.2. The van der Waals surface area contributed by atoms with E-state index in [2.05, 4.69) is 25.6 Å². The van der Waals surface area contributed by atoms with Gasteiger partial charge in [0.25, 0.3) is 0 Å². The molecule has 3 aliphatic heterocycles. The maximum atomic E-state index is 14.8. The number of morpholine rings is 1. The molecule has 6 N–H and O–H groups in total. The summed E-state index contributed by atoms with van der Waals surface area (Å²) in [5.74, 6) is -1.35. The van der Waals surface area contributed by atoms with E-state index in [1.807, 2.05) is 0 Å². The topological polar surface area (TPSA) is 104 Å². The van der Waals surface area contributed by atoms with Gasteiger partial charge < -0.3 is 15.4 Å². The summed E-state index contributed by atoms with van der Waals surface area (Å²) in [6.07, 6.45) is 2.07. The third-order valence-corrected chi connectivity index (χ3v) is 5.43. The van der Waals surface area contributed by atoms with Crippen LogP contribution in [0.4, 0.5) is 10.1 Å². The number of halogens is 1. The number of nitrogens with zero attached hydrogens (tertiary/aromatic N) is 3. The van der Waals surface area contributed by atoms with E-state index >= 15 is 0 Å². The number of ether oxygens (including phenoxy) is 1. The van der Waals surface area contributed by atoms with Gasteiger partial charge in [-0.15, -0.1) is 0 Å². The summed E-state index contributed by atoms with van der Waals surface area (Å²) in [5.41, 5.74) is 18.3. The lowest BCUT2D eigenvalue weighted by Gasteiger charge is -2.41. The van der Waals surface area contributed by atoms with Crippen LogP contribution in [0, 0.1) is 5.82 Å². The highest BCUT2D eigenvalue weighted by Gasteiger charge is 2.33. The molecule has 0 aromatic heterocycles. The van der Waals surface area contributed by atoms with Gasteiger partial charge in [-0.1, -0.05) is 6.07 Å². The number of rotatable bonds is 3. The second-order valence-electron chi connectivity index (χ2n) is 7.05. The quantitative estimate of drug-likeness (QED) is 0.580. The van der Waals surface area contributed by atoms with Crippen LogP contribution in [-0.2, 0) is 10.5 Å². The number of aliphatic imine (C=N–C) groups is 1. The fraction of sp³-hybridized carbons (Fsp3) is 0.588. The molecule has 2 saturated heterocycles. The molecule has 1 unspecified atom stereocenters. The van der Waals surface area contributed by atoms with E-state index in [-0.39, 0.29) is 11.8 Å². The van der Waals surface area contributed by atoms with Crippen LogP contribution in [0.3, 0.4) is 0 Å². The molecule has 2 fully saturated rings. The van der Waals surface area contributed by atoms with Gasteiger partial charge in [-0.3, -0.25) is 16.1 Å². The van der Waals surface area contributed by atoms with E-state index in [1.165, 1.54) is 6.07 Å². The lowest BCUT2D eigenvalue weighted by atomic mass is 10.0. The molecule has 26 heavy (non-hydrogen) atoms. The molecule has 4 rings (SSSR count). The Balaban J connectivity index is 1.42. The van der Waals surface area contributed by atoms with Crippen LogP contribution in [-0.4, -0.2) is 56.3 Å². The number of nitrogens with one attached hydrogen (secondary N) is 2. The molecule has 8 nitrogen and oxygen atoms in total. The van der Waals surface area contributed by atoms with Crippen molar-refractivity contribution in [3.8, 4) is 0 Å². The van der Waals surface area contributed by atoms with Crippen molar-refractivity contribution in [2.45, 2.75) is 24.7 Å². The molecule has 0 saturated carbocycles. The second kappa shape index (κ2) is 6.99. The normalized spacial score (nSPS) is 28.1. The molecule has 1 atom stereocenters. The van der Waals surface area contributed by atoms with E-state index in [4.69, 9.17) is 16.2 Å². The number of nitrogens with two attached hydrogens (primary N) is 2. The fourth-order valence-electron chi connectivity index (χ4n) is 3.96. The third kappa shape index (κ3) is 3.35. The van der Waals surface area contributed by atoms with Crippen LogP contribution in [0.25, 0.3) is 0 Å². The van der Waals surface area contributed by atoms with E-state index in [1.54, 1.807) is 12.1 Å². The molecule has 1 aromatic carbocycles. The van der Waals surface area contributed by atoms with Crippen LogP contribution in [0.1, 0.15) is 18.4 Å². The maximum absolute atomic E-state index is 14.8. The van der Waals surface area contributed by atoms with E-state index in [9.17, 15) is 4.39 Å². The average molecular weight is 363 g/mol. The molecule has 0 radical (unpaired) electrons. The monoisotopic (exact) mass is 363 g/mol. The largest absolute Gasteiger partial charge is 0.379 e. The van der Waals surface area contributed by atoms with Crippen molar-refractivity contribution >= 4 is 11.6 Å². The van der Waals surface area contributed by atoms with Gasteiger partial charge in [-0.2, -0.15) is 5.43 Å². The predicted octanol–water partition coefficient (Wildman–Crippen LogP) is -0.382. The van der Waals surface area contributed by atoms with Gasteiger partial charge in [0, 0.05) is 37.8 Å². The molecular formula is C17H26FN7O. The van der Waals surface area contributed by atoms with E-state index < -0.39 is 5.79 Å². The molecule has 0 amide bonds. The Kier molecular flexibility index (Phi) is 4.70. The van der Waals surface area contributed by atoms with Crippen LogP contribution in [0.2, 0.25) is 0 Å². The predicted molar refractivity (Wildman–Crippen MR) is 97.8 cm³/mol. The first-order chi connectivity index (χ1) is 12.5. The van der Waals surface area contributed by atoms with E-state index in [0.717, 1.165) is 52.2 Å². The van der Waals surface area contributed by atoms with Crippen molar-refractivity contribution in [3.05, 3.63) is 29.6 Å². The summed E-state index contributed by atoms with van der Waals surface area (Å²) >= 11 is 0. The molecule has 0 aliphatic carbocycles. The number of hydrogen-bond donors (Lipinski definition) is 4. The lowest BCUT2D eigenvalue weighted by Crippen LogP contribution is -2.50. The molecule has 3 heterocycles. The van der Waals surface area contributed by atoms with Gasteiger partial charge in [0.05, 0.1) is 18.9 Å². The maximum Gasteiger partial charge on any atom is 0.209 e. The lowest BCUT2D eigenvalue weighted by molar-refractivity contribution is 0.0115. The van der Waals surface area contributed by atoms with E-state index in [0.29, 0.717) is 17.3 Å². The standard InChI is InChI=1S/C17H26FN7O/c18-14-11-12(17(20)21-16(19)22-23-17)1-2-15(14)25-5-3-13(4-6-25)24-7-9-26-10-8-24/h1-2,11,13,23H,3-10,20H2,(H3,19,21,22). The molecular weight excluding hydrogens is 337 g/mol. The average Bonchev–Trinajstić information content (AvgIpc) is 3.03. The smallest absolute Gasteiger partial charge is 0.209 e.